The molecule has 2 unspecified atom stereocenters. The van der Waals surface area contributed by atoms with Crippen molar-refractivity contribution in [3.63, 3.8) is 0 Å². The van der Waals surface area contributed by atoms with Crippen LogP contribution in [0.4, 0.5) is 0 Å². The third-order valence-corrected chi connectivity index (χ3v) is 4.27. The second kappa shape index (κ2) is 6.15. The first-order valence-electron chi connectivity index (χ1n) is 6.12. The van der Waals surface area contributed by atoms with Crippen LogP contribution in [0.15, 0.2) is 24.5 Å². The van der Waals surface area contributed by atoms with Crippen molar-refractivity contribution in [1.29, 1.82) is 0 Å². The zero-order valence-corrected chi connectivity index (χ0v) is 11.3. The summed E-state index contributed by atoms with van der Waals surface area (Å²) >= 11 is 3.68. The van der Waals surface area contributed by atoms with Gasteiger partial charge >= 0.3 is 0 Å². The molecule has 0 radical (unpaired) electrons. The van der Waals surface area contributed by atoms with Crippen LogP contribution in [0.5, 0.6) is 0 Å². The Bertz CT molecular complexity index is 369. The first-order valence-corrected chi connectivity index (χ1v) is 7.04. The van der Waals surface area contributed by atoms with Gasteiger partial charge in [0.2, 0.25) is 0 Å². The molecule has 92 valence electrons. The van der Waals surface area contributed by atoms with Gasteiger partial charge in [-0.2, -0.15) is 0 Å². The van der Waals surface area contributed by atoms with Gasteiger partial charge in [0.25, 0.3) is 5.91 Å². The van der Waals surface area contributed by atoms with E-state index in [-0.39, 0.29) is 11.9 Å². The molecule has 0 aliphatic heterocycles. The lowest BCUT2D eigenvalue weighted by Crippen LogP contribution is -2.40. The van der Waals surface area contributed by atoms with Crippen molar-refractivity contribution in [3.8, 4) is 0 Å². The smallest absolute Gasteiger partial charge is 0.253 e. The summed E-state index contributed by atoms with van der Waals surface area (Å²) in [6.07, 6.45) is 9.18. The Balaban J connectivity index is 1.98. The predicted molar refractivity (Wildman–Crippen MR) is 71.3 cm³/mol. The summed E-state index contributed by atoms with van der Waals surface area (Å²) in [6.45, 7) is 0. The number of amides is 1. The Labute approximate surface area is 110 Å². The first kappa shape index (κ1) is 12.6. The average Bonchev–Trinajstić information content (AvgIpc) is 2.56. The van der Waals surface area contributed by atoms with E-state index in [9.17, 15) is 4.79 Å². The predicted octanol–water partition coefficient (Wildman–Crippen LogP) is 2.91. The lowest BCUT2D eigenvalue weighted by Gasteiger charge is -2.21. The van der Waals surface area contributed by atoms with Crippen molar-refractivity contribution >= 4 is 21.8 Å². The number of nitrogens with zero attached hydrogens (tertiary/aromatic N) is 1. The fourth-order valence-corrected chi connectivity index (χ4v) is 2.89. The summed E-state index contributed by atoms with van der Waals surface area (Å²) in [5.74, 6) is -0.0190. The molecule has 2 rings (SSSR count). The molecule has 1 aromatic rings. The van der Waals surface area contributed by atoms with Crippen LogP contribution in [0.2, 0.25) is 0 Å². The summed E-state index contributed by atoms with van der Waals surface area (Å²) in [7, 11) is 0. The number of nitrogens with one attached hydrogen (secondary N) is 1. The van der Waals surface area contributed by atoms with Gasteiger partial charge in [0.1, 0.15) is 0 Å². The van der Waals surface area contributed by atoms with Gasteiger partial charge in [-0.3, -0.25) is 9.78 Å². The number of halogens is 1. The molecule has 1 N–H and O–H groups in total. The van der Waals surface area contributed by atoms with E-state index in [1.54, 1.807) is 24.5 Å². The third kappa shape index (κ3) is 3.53. The molecule has 0 bridgehead atoms. The normalized spacial score (nSPS) is 25.0. The number of carbonyl (C=O) groups excluding carboxylic acids is 1. The largest absolute Gasteiger partial charge is 0.348 e. The average molecular weight is 297 g/mol. The highest BCUT2D eigenvalue weighted by Gasteiger charge is 2.23. The Morgan fingerprint density at radius 2 is 2.18 bits per heavy atom. The van der Waals surface area contributed by atoms with Crippen molar-refractivity contribution in [2.75, 3.05) is 0 Å². The quantitative estimate of drug-likeness (QED) is 0.673. The van der Waals surface area contributed by atoms with Crippen LogP contribution >= 0.6 is 15.9 Å². The highest BCUT2D eigenvalue weighted by atomic mass is 79.9. The number of alkyl halides is 1. The topological polar surface area (TPSA) is 42.0 Å². The van der Waals surface area contributed by atoms with Gasteiger partial charge in [-0.25, -0.2) is 0 Å². The second-order valence-corrected chi connectivity index (χ2v) is 5.65. The van der Waals surface area contributed by atoms with E-state index >= 15 is 0 Å². The third-order valence-electron chi connectivity index (χ3n) is 3.17. The van der Waals surface area contributed by atoms with Crippen LogP contribution in [0.25, 0.3) is 0 Å². The molecule has 0 spiro atoms. The summed E-state index contributed by atoms with van der Waals surface area (Å²) in [5, 5.41) is 3.10. The molecule has 1 saturated carbocycles. The number of hydrogen-bond donors (Lipinski definition) is 1. The van der Waals surface area contributed by atoms with E-state index in [1.807, 2.05) is 0 Å². The maximum absolute atomic E-state index is 12.0. The van der Waals surface area contributed by atoms with Gasteiger partial charge in [-0.15, -0.1) is 0 Å². The summed E-state index contributed by atoms with van der Waals surface area (Å²) in [5.41, 5.74) is 0.636. The number of carbonyl (C=O) groups is 1. The van der Waals surface area contributed by atoms with Crippen LogP contribution in [-0.4, -0.2) is 21.8 Å². The standard InChI is InChI=1S/C13H17BrN2O/c14-11-6-2-1-3-7-12(11)16-13(17)10-5-4-8-15-9-10/h4-5,8-9,11-12H,1-3,6-7H2,(H,16,17). The van der Waals surface area contributed by atoms with Crippen molar-refractivity contribution in [3.05, 3.63) is 30.1 Å². The number of hydrogen-bond acceptors (Lipinski definition) is 2. The zero-order valence-electron chi connectivity index (χ0n) is 9.73. The minimum absolute atomic E-state index is 0.0190. The maximum Gasteiger partial charge on any atom is 0.253 e. The molecule has 1 aliphatic carbocycles. The zero-order chi connectivity index (χ0) is 12.1. The molecule has 0 saturated heterocycles. The Morgan fingerprint density at radius 1 is 1.35 bits per heavy atom. The molecule has 3 nitrogen and oxygen atoms in total. The minimum atomic E-state index is -0.0190. The van der Waals surface area contributed by atoms with E-state index in [2.05, 4.69) is 26.2 Å². The second-order valence-electron chi connectivity index (χ2n) is 4.48. The number of rotatable bonds is 2. The molecular weight excluding hydrogens is 280 g/mol. The molecule has 1 amide bonds. The maximum atomic E-state index is 12.0. The van der Waals surface area contributed by atoms with Crippen LogP contribution in [0.1, 0.15) is 42.5 Å². The fourth-order valence-electron chi connectivity index (χ4n) is 2.17. The molecule has 1 heterocycles. The van der Waals surface area contributed by atoms with E-state index in [0.29, 0.717) is 10.4 Å². The van der Waals surface area contributed by atoms with Gasteiger partial charge in [-0.05, 0) is 25.0 Å². The number of aromatic nitrogens is 1. The number of pyridine rings is 1. The first-order chi connectivity index (χ1) is 8.27. The van der Waals surface area contributed by atoms with Crippen molar-refractivity contribution in [2.24, 2.45) is 0 Å². The molecule has 4 heteroatoms. The molecule has 1 aromatic heterocycles. The van der Waals surface area contributed by atoms with Gasteiger partial charge in [0.15, 0.2) is 0 Å². The van der Waals surface area contributed by atoms with Gasteiger partial charge in [0, 0.05) is 23.3 Å². The minimum Gasteiger partial charge on any atom is -0.348 e. The fraction of sp³-hybridized carbons (Fsp3) is 0.538. The summed E-state index contributed by atoms with van der Waals surface area (Å²) < 4.78 is 0. The van der Waals surface area contributed by atoms with Gasteiger partial charge < -0.3 is 5.32 Å². The highest BCUT2D eigenvalue weighted by Crippen LogP contribution is 2.23. The van der Waals surface area contributed by atoms with Crippen LogP contribution in [0, 0.1) is 0 Å². The monoisotopic (exact) mass is 296 g/mol. The van der Waals surface area contributed by atoms with Crippen molar-refractivity contribution in [1.82, 2.24) is 10.3 Å². The molecule has 17 heavy (non-hydrogen) atoms. The molecule has 0 aromatic carbocycles. The van der Waals surface area contributed by atoms with Crippen LogP contribution < -0.4 is 5.32 Å². The van der Waals surface area contributed by atoms with Crippen LogP contribution in [-0.2, 0) is 0 Å². The van der Waals surface area contributed by atoms with Crippen LogP contribution in [0.3, 0.4) is 0 Å². The van der Waals surface area contributed by atoms with Crippen molar-refractivity contribution < 1.29 is 4.79 Å². The van der Waals surface area contributed by atoms with E-state index in [4.69, 9.17) is 0 Å². The van der Waals surface area contributed by atoms with Gasteiger partial charge in [0.05, 0.1) is 5.56 Å². The van der Waals surface area contributed by atoms with Crippen molar-refractivity contribution in [2.45, 2.75) is 43.0 Å². The van der Waals surface area contributed by atoms with E-state index in [1.165, 1.54) is 19.3 Å². The Kier molecular flexibility index (Phi) is 4.54. The molecular formula is C13H17BrN2O. The SMILES string of the molecule is O=C(NC1CCCCCC1Br)c1cccnc1. The van der Waals surface area contributed by atoms with E-state index in [0.717, 1.165) is 12.8 Å². The molecule has 1 aliphatic rings. The lowest BCUT2D eigenvalue weighted by atomic mass is 10.1. The summed E-state index contributed by atoms with van der Waals surface area (Å²) in [6, 6.07) is 3.82. The molecule has 1 fully saturated rings. The van der Waals surface area contributed by atoms with E-state index < -0.39 is 0 Å². The highest BCUT2D eigenvalue weighted by molar-refractivity contribution is 9.09. The summed E-state index contributed by atoms with van der Waals surface area (Å²) in [4.78, 5) is 16.4. The Hall–Kier alpha value is -0.900. The Morgan fingerprint density at radius 3 is 2.94 bits per heavy atom. The lowest BCUT2D eigenvalue weighted by molar-refractivity contribution is 0.0934. The molecule has 2 atom stereocenters. The van der Waals surface area contributed by atoms with Gasteiger partial charge in [-0.1, -0.05) is 35.2 Å².